The number of hydrogen-bond donors (Lipinski definition) is 5. The molecule has 0 radical (unpaired) electrons. The zero-order valence-corrected chi connectivity index (χ0v) is 11.2. The van der Waals surface area contributed by atoms with Gasteiger partial charge >= 0.3 is 5.97 Å². The van der Waals surface area contributed by atoms with Crippen molar-refractivity contribution in [2.24, 2.45) is 0 Å². The van der Waals surface area contributed by atoms with Crippen molar-refractivity contribution in [1.82, 2.24) is 4.72 Å². The van der Waals surface area contributed by atoms with Gasteiger partial charge in [0.2, 0.25) is 10.0 Å². The summed E-state index contributed by atoms with van der Waals surface area (Å²) >= 11 is 0.727. The molecule has 0 amide bonds. The average molecular weight is 311 g/mol. The van der Waals surface area contributed by atoms with E-state index in [9.17, 15) is 13.2 Å². The highest BCUT2D eigenvalue weighted by Crippen LogP contribution is 2.23. The van der Waals surface area contributed by atoms with Crippen LogP contribution in [0.3, 0.4) is 0 Å². The molecule has 0 aliphatic rings. The van der Waals surface area contributed by atoms with Crippen LogP contribution in [0.1, 0.15) is 9.67 Å². The lowest BCUT2D eigenvalue weighted by atomic mass is 10.1. The molecule has 0 spiro atoms. The van der Waals surface area contributed by atoms with E-state index in [-0.39, 0.29) is 0 Å². The van der Waals surface area contributed by atoms with Crippen LogP contribution in [0.5, 0.6) is 0 Å². The number of nitrogens with one attached hydrogen (secondary N) is 1. The number of aliphatic hydroxyl groups excluding tert-OH is 3. The fraction of sp³-hybridized carbons (Fsp3) is 0.444. The molecule has 0 aromatic carbocycles. The molecule has 5 N–H and O–H groups in total. The van der Waals surface area contributed by atoms with Gasteiger partial charge in [-0.1, -0.05) is 0 Å². The topological polar surface area (TPSA) is 144 Å². The summed E-state index contributed by atoms with van der Waals surface area (Å²) in [5.41, 5.74) is -1.85. The molecule has 0 unspecified atom stereocenters. The van der Waals surface area contributed by atoms with Gasteiger partial charge in [0.15, 0.2) is 0 Å². The van der Waals surface area contributed by atoms with Crippen LogP contribution in [-0.4, -0.2) is 60.2 Å². The van der Waals surface area contributed by atoms with Crippen molar-refractivity contribution in [3.8, 4) is 0 Å². The zero-order valence-electron chi connectivity index (χ0n) is 9.61. The van der Waals surface area contributed by atoms with Gasteiger partial charge in [-0.05, 0) is 11.4 Å². The van der Waals surface area contributed by atoms with Crippen LogP contribution >= 0.6 is 11.3 Å². The lowest BCUT2D eigenvalue weighted by Crippen LogP contribution is -2.56. The van der Waals surface area contributed by atoms with E-state index in [0.717, 1.165) is 17.4 Å². The summed E-state index contributed by atoms with van der Waals surface area (Å²) in [6.07, 6.45) is 0. The van der Waals surface area contributed by atoms with E-state index in [2.05, 4.69) is 0 Å². The van der Waals surface area contributed by atoms with Crippen molar-refractivity contribution in [2.45, 2.75) is 10.4 Å². The van der Waals surface area contributed by atoms with Gasteiger partial charge in [-0.25, -0.2) is 13.2 Å². The maximum Gasteiger partial charge on any atom is 0.347 e. The first kappa shape index (κ1) is 16.0. The van der Waals surface area contributed by atoms with E-state index in [1.54, 1.807) is 0 Å². The monoisotopic (exact) mass is 311 g/mol. The molecule has 0 fully saturated rings. The number of carboxylic acids is 1. The molecule has 108 valence electrons. The van der Waals surface area contributed by atoms with Gasteiger partial charge < -0.3 is 20.4 Å². The molecule has 10 heteroatoms. The third-order valence-electron chi connectivity index (χ3n) is 2.37. The maximum absolute atomic E-state index is 12.0. The Kier molecular flexibility index (Phi) is 5.01. The highest BCUT2D eigenvalue weighted by molar-refractivity contribution is 7.89. The summed E-state index contributed by atoms with van der Waals surface area (Å²) in [5.74, 6) is -1.40. The molecule has 0 aliphatic heterocycles. The predicted molar refractivity (Wildman–Crippen MR) is 65.6 cm³/mol. The summed E-state index contributed by atoms with van der Waals surface area (Å²) in [6, 6.07) is 1.09. The predicted octanol–water partition coefficient (Wildman–Crippen LogP) is -1.56. The van der Waals surface area contributed by atoms with Gasteiger partial charge in [-0.3, -0.25) is 0 Å². The van der Waals surface area contributed by atoms with Gasteiger partial charge in [0.05, 0.1) is 19.8 Å². The van der Waals surface area contributed by atoms with Gasteiger partial charge in [0, 0.05) is 0 Å². The molecule has 1 rings (SSSR count). The van der Waals surface area contributed by atoms with Crippen molar-refractivity contribution in [3.63, 3.8) is 0 Å². The van der Waals surface area contributed by atoms with Crippen LogP contribution in [0.4, 0.5) is 0 Å². The fourth-order valence-electron chi connectivity index (χ4n) is 1.25. The summed E-state index contributed by atoms with van der Waals surface area (Å²) < 4.78 is 25.9. The third kappa shape index (κ3) is 3.29. The smallest absolute Gasteiger partial charge is 0.347 e. The molecule has 19 heavy (non-hydrogen) atoms. The van der Waals surface area contributed by atoms with Crippen LogP contribution in [-0.2, 0) is 10.0 Å². The quantitative estimate of drug-likeness (QED) is 0.409. The molecule has 0 saturated carbocycles. The Morgan fingerprint density at radius 2 is 1.79 bits per heavy atom. The Balaban J connectivity index is 3.18. The van der Waals surface area contributed by atoms with E-state index in [4.69, 9.17) is 20.4 Å². The normalized spacial score (nSPS) is 12.6. The number of sulfonamides is 1. The van der Waals surface area contributed by atoms with E-state index in [1.165, 1.54) is 5.38 Å². The number of aliphatic hydroxyl groups is 3. The molecule has 0 saturated heterocycles. The number of thiophene rings is 1. The largest absolute Gasteiger partial charge is 0.477 e. The molecule has 0 bridgehead atoms. The first-order chi connectivity index (χ1) is 8.82. The molecular formula is C9H13NO7S2. The number of hydrogen-bond acceptors (Lipinski definition) is 7. The van der Waals surface area contributed by atoms with Gasteiger partial charge in [0.25, 0.3) is 0 Å². The van der Waals surface area contributed by atoms with E-state index >= 15 is 0 Å². The second-order valence-electron chi connectivity index (χ2n) is 3.78. The molecule has 1 aromatic rings. The van der Waals surface area contributed by atoms with Crippen molar-refractivity contribution in [3.05, 3.63) is 16.3 Å². The first-order valence-corrected chi connectivity index (χ1v) is 7.35. The van der Waals surface area contributed by atoms with Crippen LogP contribution in [0, 0.1) is 0 Å². The molecular weight excluding hydrogens is 298 g/mol. The minimum atomic E-state index is -4.29. The van der Waals surface area contributed by atoms with Gasteiger partial charge in [0.1, 0.15) is 15.3 Å². The Hall–Kier alpha value is -1.04. The average Bonchev–Trinajstić information content (AvgIpc) is 2.86. The molecule has 1 aromatic heterocycles. The standard InChI is InChI=1S/C9H13NO7S2/c11-3-9(4-12,5-13)10-19(16,17)6-1-2-18-7(6)8(14)15/h1-2,10-13H,3-5H2,(H,14,15). The Morgan fingerprint density at radius 3 is 2.21 bits per heavy atom. The summed E-state index contributed by atoms with van der Waals surface area (Å²) in [6.45, 7) is -2.52. The molecule has 0 atom stereocenters. The van der Waals surface area contributed by atoms with Crippen molar-refractivity contribution in [2.75, 3.05) is 19.8 Å². The van der Waals surface area contributed by atoms with Crippen molar-refractivity contribution in [1.29, 1.82) is 0 Å². The van der Waals surface area contributed by atoms with Crippen molar-refractivity contribution >= 4 is 27.3 Å². The van der Waals surface area contributed by atoms with Crippen LogP contribution < -0.4 is 4.72 Å². The number of carboxylic acid groups (broad SMARTS) is 1. The Labute approximate surface area is 113 Å². The molecule has 0 aliphatic carbocycles. The highest BCUT2D eigenvalue weighted by atomic mass is 32.2. The second kappa shape index (κ2) is 5.94. The summed E-state index contributed by atoms with van der Waals surface area (Å²) in [4.78, 5) is 10.00. The number of carbonyl (C=O) groups is 1. The highest BCUT2D eigenvalue weighted by Gasteiger charge is 2.35. The molecule has 1 heterocycles. The van der Waals surface area contributed by atoms with Gasteiger partial charge in [-0.2, -0.15) is 4.72 Å². The lowest BCUT2D eigenvalue weighted by Gasteiger charge is -2.28. The Morgan fingerprint density at radius 1 is 1.26 bits per heavy atom. The van der Waals surface area contributed by atoms with Gasteiger partial charge in [-0.15, -0.1) is 11.3 Å². The SMILES string of the molecule is O=C(O)c1sccc1S(=O)(=O)NC(CO)(CO)CO. The fourth-order valence-corrected chi connectivity index (χ4v) is 3.89. The minimum Gasteiger partial charge on any atom is -0.477 e. The zero-order chi connectivity index (χ0) is 14.7. The van der Waals surface area contributed by atoms with E-state index in [0.29, 0.717) is 0 Å². The maximum atomic E-state index is 12.0. The first-order valence-electron chi connectivity index (χ1n) is 4.99. The minimum absolute atomic E-state index is 0.393. The van der Waals surface area contributed by atoms with Crippen LogP contribution in [0.25, 0.3) is 0 Å². The number of aromatic carboxylic acids is 1. The lowest BCUT2D eigenvalue weighted by molar-refractivity contribution is 0.0581. The van der Waals surface area contributed by atoms with Crippen LogP contribution in [0.2, 0.25) is 0 Å². The second-order valence-corrected chi connectivity index (χ2v) is 6.35. The summed E-state index contributed by atoms with van der Waals surface area (Å²) in [7, 11) is -4.29. The number of rotatable bonds is 7. The third-order valence-corrected chi connectivity index (χ3v) is 5.02. The van der Waals surface area contributed by atoms with E-state index in [1.807, 2.05) is 4.72 Å². The van der Waals surface area contributed by atoms with E-state index < -0.39 is 51.1 Å². The molecule has 8 nitrogen and oxygen atoms in total. The Bertz CT molecular complexity index is 538. The van der Waals surface area contributed by atoms with Crippen molar-refractivity contribution < 1.29 is 33.6 Å². The summed E-state index contributed by atoms with van der Waals surface area (Å²) in [5, 5.41) is 37.3. The van der Waals surface area contributed by atoms with Crippen LogP contribution in [0.15, 0.2) is 16.3 Å².